The molecule has 0 unspecified atom stereocenters. The second-order valence-corrected chi connectivity index (χ2v) is 2.39. The maximum absolute atomic E-state index is 4.15. The number of hydrogen-bond acceptors (Lipinski definition) is 1. The highest BCUT2D eigenvalue weighted by atomic mass is 14.8. The smallest absolute Gasteiger partial charge is 0.137 e. The molecule has 0 amide bonds. The molecule has 2 heteroatoms. The summed E-state index contributed by atoms with van der Waals surface area (Å²) >= 11 is 0. The van der Waals surface area contributed by atoms with Crippen molar-refractivity contribution in [1.82, 2.24) is 9.97 Å². The maximum Gasteiger partial charge on any atom is 0.137 e. The zero-order valence-corrected chi connectivity index (χ0v) is 7.76. The summed E-state index contributed by atoms with van der Waals surface area (Å²) in [6, 6.07) is 6.07. The molecular weight excluding hydrogens is 148 g/mol. The van der Waals surface area contributed by atoms with Gasteiger partial charge in [0.2, 0.25) is 0 Å². The Bertz CT molecular complexity index is 321. The summed E-state index contributed by atoms with van der Waals surface area (Å²) in [7, 11) is 0. The first-order valence-corrected chi connectivity index (χ1v) is 4.26. The highest BCUT2D eigenvalue weighted by molar-refractivity contribution is 5.75. The largest absolute Gasteiger partial charge is 0.344 e. The molecule has 0 radical (unpaired) electrons. The van der Waals surface area contributed by atoms with Crippen LogP contribution in [-0.4, -0.2) is 9.97 Å². The third kappa shape index (κ3) is 1.64. The molecule has 0 aliphatic heterocycles. The van der Waals surface area contributed by atoms with Crippen LogP contribution in [0.2, 0.25) is 0 Å². The molecule has 0 aliphatic rings. The van der Waals surface area contributed by atoms with Crippen LogP contribution in [0.5, 0.6) is 0 Å². The number of nitrogens with zero attached hydrogens (tertiary/aromatic N) is 1. The van der Waals surface area contributed by atoms with Crippen molar-refractivity contribution in [2.45, 2.75) is 20.8 Å². The lowest BCUT2D eigenvalue weighted by atomic mass is 10.3. The summed E-state index contributed by atoms with van der Waals surface area (Å²) < 4.78 is 0. The van der Waals surface area contributed by atoms with E-state index in [1.165, 1.54) is 5.39 Å². The Morgan fingerprint density at radius 2 is 2.17 bits per heavy atom. The molecule has 0 fully saturated rings. The quantitative estimate of drug-likeness (QED) is 0.636. The molecular formula is C10H16N2. The Balaban J connectivity index is 0.000000451. The van der Waals surface area contributed by atoms with Crippen molar-refractivity contribution in [3.05, 3.63) is 30.1 Å². The van der Waals surface area contributed by atoms with Crippen molar-refractivity contribution >= 4 is 11.0 Å². The molecule has 2 nitrogen and oxygen atoms in total. The van der Waals surface area contributed by atoms with Crippen molar-refractivity contribution in [2.24, 2.45) is 0 Å². The van der Waals surface area contributed by atoms with Crippen molar-refractivity contribution < 1.29 is 1.43 Å². The zero-order valence-electron chi connectivity index (χ0n) is 7.76. The lowest BCUT2D eigenvalue weighted by Crippen LogP contribution is -1.72. The van der Waals surface area contributed by atoms with Gasteiger partial charge in [0, 0.05) is 18.7 Å². The highest BCUT2D eigenvalue weighted by Gasteiger charge is 1.93. The first-order chi connectivity index (χ1) is 5.86. The number of aromatic nitrogens is 2. The second-order valence-electron chi connectivity index (χ2n) is 2.39. The average molecular weight is 164 g/mol. The molecule has 0 saturated carbocycles. The van der Waals surface area contributed by atoms with E-state index in [9.17, 15) is 0 Å². The minimum Gasteiger partial charge on any atom is -0.344 e. The van der Waals surface area contributed by atoms with Crippen molar-refractivity contribution in [3.63, 3.8) is 0 Å². The molecule has 1 N–H and O–H groups in total. The van der Waals surface area contributed by atoms with E-state index in [1.54, 1.807) is 6.20 Å². The lowest BCUT2D eigenvalue weighted by Gasteiger charge is -1.82. The lowest BCUT2D eigenvalue weighted by molar-refractivity contribution is 1.25. The summed E-state index contributed by atoms with van der Waals surface area (Å²) in [6.45, 7) is 6.03. The number of fused-ring (bicyclic) bond motifs is 1. The van der Waals surface area contributed by atoms with Gasteiger partial charge >= 0.3 is 0 Å². The molecule has 0 bridgehead atoms. The summed E-state index contributed by atoms with van der Waals surface area (Å²) in [5.41, 5.74) is 2.13. The predicted octanol–water partition coefficient (Wildman–Crippen LogP) is 3.14. The minimum atomic E-state index is 0. The molecule has 0 aliphatic carbocycles. The van der Waals surface area contributed by atoms with Crippen LogP contribution in [0.3, 0.4) is 0 Å². The SMILES string of the molecule is CC.Cc1cc2cccnc2[nH]1.[HH]. The molecule has 0 spiro atoms. The number of aryl methyl sites for hydroxylation is 1. The van der Waals surface area contributed by atoms with Crippen molar-refractivity contribution in [3.8, 4) is 0 Å². The molecule has 66 valence electrons. The average Bonchev–Trinajstić information content (AvgIpc) is 2.48. The fourth-order valence-electron chi connectivity index (χ4n) is 1.09. The Labute approximate surface area is 74.1 Å². The van der Waals surface area contributed by atoms with E-state index in [-0.39, 0.29) is 1.43 Å². The van der Waals surface area contributed by atoms with E-state index in [4.69, 9.17) is 0 Å². The van der Waals surface area contributed by atoms with Gasteiger partial charge in [-0.3, -0.25) is 0 Å². The van der Waals surface area contributed by atoms with Crippen LogP contribution in [0, 0.1) is 6.92 Å². The summed E-state index contributed by atoms with van der Waals surface area (Å²) in [4.78, 5) is 7.29. The Hall–Kier alpha value is -1.31. The molecule has 2 aromatic rings. The Morgan fingerprint density at radius 3 is 2.83 bits per heavy atom. The molecule has 2 heterocycles. The van der Waals surface area contributed by atoms with E-state index < -0.39 is 0 Å². The summed E-state index contributed by atoms with van der Waals surface area (Å²) in [6.07, 6.45) is 1.79. The van der Waals surface area contributed by atoms with Crippen molar-refractivity contribution in [2.75, 3.05) is 0 Å². The van der Waals surface area contributed by atoms with Gasteiger partial charge in [-0.2, -0.15) is 0 Å². The van der Waals surface area contributed by atoms with Crippen molar-refractivity contribution in [1.29, 1.82) is 0 Å². The standard InChI is InChI=1S/C8H8N2.C2H6.H2/c1-6-5-7-3-2-4-9-8(7)10-6;1-2;/h2-5H,1H3,(H,9,10);1-2H3;1H. The van der Waals surface area contributed by atoms with Crippen LogP contribution >= 0.6 is 0 Å². The molecule has 2 rings (SSSR count). The number of pyridine rings is 1. The molecule has 12 heavy (non-hydrogen) atoms. The van der Waals surface area contributed by atoms with Crippen LogP contribution in [0.4, 0.5) is 0 Å². The van der Waals surface area contributed by atoms with Gasteiger partial charge in [0.05, 0.1) is 0 Å². The topological polar surface area (TPSA) is 28.7 Å². The molecule has 0 atom stereocenters. The molecule has 2 aromatic heterocycles. The van der Waals surface area contributed by atoms with E-state index >= 15 is 0 Å². The van der Waals surface area contributed by atoms with Crippen LogP contribution in [0.15, 0.2) is 24.4 Å². The van der Waals surface area contributed by atoms with E-state index in [1.807, 2.05) is 32.9 Å². The second kappa shape index (κ2) is 3.90. The number of hydrogen-bond donors (Lipinski definition) is 1. The predicted molar refractivity (Wildman–Crippen MR) is 54.3 cm³/mol. The fraction of sp³-hybridized carbons (Fsp3) is 0.300. The Kier molecular flexibility index (Phi) is 2.86. The van der Waals surface area contributed by atoms with Gasteiger partial charge in [0.15, 0.2) is 0 Å². The maximum atomic E-state index is 4.15. The number of nitrogens with one attached hydrogen (secondary N) is 1. The third-order valence-electron chi connectivity index (χ3n) is 1.53. The van der Waals surface area contributed by atoms with Gasteiger partial charge < -0.3 is 4.98 Å². The molecule has 0 aromatic carbocycles. The van der Waals surface area contributed by atoms with Gasteiger partial charge in [-0.15, -0.1) is 0 Å². The van der Waals surface area contributed by atoms with Crippen LogP contribution in [0.1, 0.15) is 21.0 Å². The van der Waals surface area contributed by atoms with Gasteiger partial charge in [-0.25, -0.2) is 4.98 Å². The fourth-order valence-corrected chi connectivity index (χ4v) is 1.09. The van der Waals surface area contributed by atoms with Crippen LogP contribution in [0.25, 0.3) is 11.0 Å². The van der Waals surface area contributed by atoms with Gasteiger partial charge in [-0.05, 0) is 25.1 Å². The number of rotatable bonds is 0. The summed E-state index contributed by atoms with van der Waals surface area (Å²) in [5.74, 6) is 0. The van der Waals surface area contributed by atoms with E-state index in [2.05, 4.69) is 16.0 Å². The minimum absolute atomic E-state index is 0. The third-order valence-corrected chi connectivity index (χ3v) is 1.53. The van der Waals surface area contributed by atoms with Crippen LogP contribution < -0.4 is 0 Å². The van der Waals surface area contributed by atoms with Gasteiger partial charge in [0.1, 0.15) is 5.65 Å². The Morgan fingerprint density at radius 1 is 1.42 bits per heavy atom. The number of aromatic amines is 1. The van der Waals surface area contributed by atoms with E-state index in [0.29, 0.717) is 0 Å². The highest BCUT2D eigenvalue weighted by Crippen LogP contribution is 2.10. The van der Waals surface area contributed by atoms with E-state index in [0.717, 1.165) is 11.3 Å². The molecule has 0 saturated heterocycles. The number of H-pyrrole nitrogens is 1. The zero-order chi connectivity index (χ0) is 8.97. The van der Waals surface area contributed by atoms with Gasteiger partial charge in [-0.1, -0.05) is 13.8 Å². The first kappa shape index (κ1) is 8.78. The monoisotopic (exact) mass is 164 g/mol. The van der Waals surface area contributed by atoms with Crippen LogP contribution in [-0.2, 0) is 0 Å². The normalized spacial score (nSPS) is 9.25. The summed E-state index contributed by atoms with van der Waals surface area (Å²) in [5, 5.41) is 1.18. The van der Waals surface area contributed by atoms with Gasteiger partial charge in [0.25, 0.3) is 0 Å². The first-order valence-electron chi connectivity index (χ1n) is 4.26.